The second-order valence-electron chi connectivity index (χ2n) is 4.88. The fourth-order valence-corrected chi connectivity index (χ4v) is 2.50. The third-order valence-corrected chi connectivity index (χ3v) is 3.39. The molecule has 0 radical (unpaired) electrons. The Morgan fingerprint density at radius 3 is 3.00 bits per heavy atom. The normalized spacial score (nSPS) is 19.4. The van der Waals surface area contributed by atoms with Gasteiger partial charge in [0.2, 0.25) is 0 Å². The van der Waals surface area contributed by atoms with E-state index >= 15 is 0 Å². The van der Waals surface area contributed by atoms with Crippen LogP contribution in [0.1, 0.15) is 29.7 Å². The third kappa shape index (κ3) is 2.35. The first-order valence-corrected chi connectivity index (χ1v) is 6.24. The summed E-state index contributed by atoms with van der Waals surface area (Å²) in [4.78, 5) is 17.5. The summed E-state index contributed by atoms with van der Waals surface area (Å²) >= 11 is 0. The van der Waals surface area contributed by atoms with Gasteiger partial charge in [0.05, 0.1) is 5.56 Å². The second-order valence-corrected chi connectivity index (χ2v) is 4.88. The van der Waals surface area contributed by atoms with Crippen LogP contribution in [-0.2, 0) is 4.79 Å². The number of rotatable bonds is 2. The molecule has 0 N–H and O–H groups in total. The molecule has 1 aromatic rings. The Balaban J connectivity index is 2.38. The van der Waals surface area contributed by atoms with Gasteiger partial charge in [-0.2, -0.15) is 5.26 Å². The summed E-state index contributed by atoms with van der Waals surface area (Å²) in [5, 5.41) is 9.26. The van der Waals surface area contributed by atoms with Gasteiger partial charge >= 0.3 is 0 Å². The van der Waals surface area contributed by atoms with Gasteiger partial charge in [0.25, 0.3) is 0 Å². The summed E-state index contributed by atoms with van der Waals surface area (Å²) in [5.41, 5.74) is 2.50. The topological polar surface area (TPSA) is 57.0 Å². The molecule has 1 atom stereocenters. The smallest absolute Gasteiger partial charge is 0.147 e. The van der Waals surface area contributed by atoms with Crippen LogP contribution in [0.25, 0.3) is 0 Å². The van der Waals surface area contributed by atoms with E-state index in [9.17, 15) is 10.1 Å². The van der Waals surface area contributed by atoms with Crippen LogP contribution in [0.5, 0.6) is 0 Å². The number of pyridine rings is 1. The second kappa shape index (κ2) is 5.18. The number of aldehydes is 1. The Hall–Kier alpha value is -1.89. The number of aryl methyl sites for hydroxylation is 2. The summed E-state index contributed by atoms with van der Waals surface area (Å²) in [6.45, 7) is 5.40. The van der Waals surface area contributed by atoms with E-state index in [2.05, 4.69) is 16.0 Å². The monoisotopic (exact) mass is 243 g/mol. The maximum Gasteiger partial charge on any atom is 0.147 e. The molecule has 2 rings (SSSR count). The van der Waals surface area contributed by atoms with E-state index in [1.807, 2.05) is 19.9 Å². The highest BCUT2D eigenvalue weighted by Gasteiger charge is 2.23. The summed E-state index contributed by atoms with van der Waals surface area (Å²) in [6, 6.07) is 4.15. The zero-order valence-corrected chi connectivity index (χ0v) is 10.8. The quantitative estimate of drug-likeness (QED) is 0.745. The van der Waals surface area contributed by atoms with Crippen molar-refractivity contribution in [2.24, 2.45) is 5.92 Å². The van der Waals surface area contributed by atoms with E-state index in [-0.39, 0.29) is 5.92 Å². The molecule has 0 saturated carbocycles. The summed E-state index contributed by atoms with van der Waals surface area (Å²) in [5.74, 6) is 0.800. The van der Waals surface area contributed by atoms with Gasteiger partial charge in [0.1, 0.15) is 18.2 Å². The molecule has 1 fully saturated rings. The van der Waals surface area contributed by atoms with Crippen LogP contribution in [-0.4, -0.2) is 24.4 Å². The van der Waals surface area contributed by atoms with Crippen molar-refractivity contribution in [1.82, 2.24) is 4.98 Å². The lowest BCUT2D eigenvalue weighted by molar-refractivity contribution is -0.111. The van der Waals surface area contributed by atoms with Gasteiger partial charge in [-0.15, -0.1) is 0 Å². The minimum Gasteiger partial charge on any atom is -0.355 e. The van der Waals surface area contributed by atoms with Crippen molar-refractivity contribution in [3.8, 4) is 6.07 Å². The molecule has 18 heavy (non-hydrogen) atoms. The molecular formula is C14H17N3O. The van der Waals surface area contributed by atoms with Gasteiger partial charge in [-0.25, -0.2) is 4.98 Å². The van der Waals surface area contributed by atoms with Crippen molar-refractivity contribution in [3.63, 3.8) is 0 Å². The van der Waals surface area contributed by atoms with Crippen molar-refractivity contribution in [2.45, 2.75) is 26.7 Å². The SMILES string of the molecule is Cc1cc(C)c(C#N)c(N2CCCC(C=O)C2)n1. The van der Waals surface area contributed by atoms with Gasteiger partial charge in [-0.05, 0) is 38.3 Å². The number of anilines is 1. The average molecular weight is 243 g/mol. The van der Waals surface area contributed by atoms with Crippen molar-refractivity contribution >= 4 is 12.1 Å². The van der Waals surface area contributed by atoms with Crippen molar-refractivity contribution < 1.29 is 4.79 Å². The number of carbonyl (C=O) groups is 1. The molecule has 1 aliphatic rings. The molecule has 2 heterocycles. The summed E-state index contributed by atoms with van der Waals surface area (Å²) in [6.07, 6.45) is 2.93. The Labute approximate surface area is 107 Å². The van der Waals surface area contributed by atoms with Crippen LogP contribution >= 0.6 is 0 Å². The fraction of sp³-hybridized carbons (Fsp3) is 0.500. The first kappa shape index (κ1) is 12.6. The molecular weight excluding hydrogens is 226 g/mol. The number of nitriles is 1. The number of aromatic nitrogens is 1. The highest BCUT2D eigenvalue weighted by Crippen LogP contribution is 2.26. The lowest BCUT2D eigenvalue weighted by Gasteiger charge is -2.32. The van der Waals surface area contributed by atoms with Crippen LogP contribution in [0.4, 0.5) is 5.82 Å². The van der Waals surface area contributed by atoms with E-state index in [0.29, 0.717) is 12.1 Å². The maximum atomic E-state index is 10.9. The minimum atomic E-state index is 0.0629. The van der Waals surface area contributed by atoms with Gasteiger partial charge < -0.3 is 9.69 Å². The van der Waals surface area contributed by atoms with E-state index in [1.54, 1.807) is 0 Å². The zero-order chi connectivity index (χ0) is 13.1. The van der Waals surface area contributed by atoms with Crippen molar-refractivity contribution in [1.29, 1.82) is 5.26 Å². The number of piperidine rings is 1. The molecule has 94 valence electrons. The molecule has 4 heteroatoms. The largest absolute Gasteiger partial charge is 0.355 e. The highest BCUT2D eigenvalue weighted by molar-refractivity contribution is 5.61. The number of hydrogen-bond acceptors (Lipinski definition) is 4. The standard InChI is InChI=1S/C14H17N3O/c1-10-6-11(2)16-14(13(10)7-15)17-5-3-4-12(8-17)9-18/h6,9,12H,3-5,8H2,1-2H3. The molecule has 0 aromatic carbocycles. The Morgan fingerprint density at radius 1 is 1.56 bits per heavy atom. The molecule has 0 spiro atoms. The van der Waals surface area contributed by atoms with Gasteiger partial charge in [-0.3, -0.25) is 0 Å². The molecule has 1 aliphatic heterocycles. The van der Waals surface area contributed by atoms with Crippen molar-refractivity contribution in [2.75, 3.05) is 18.0 Å². The average Bonchev–Trinajstić information content (AvgIpc) is 2.38. The predicted molar refractivity (Wildman–Crippen MR) is 69.4 cm³/mol. The van der Waals surface area contributed by atoms with Crippen LogP contribution in [0, 0.1) is 31.1 Å². The van der Waals surface area contributed by atoms with Crippen LogP contribution < -0.4 is 4.90 Å². The number of carbonyl (C=O) groups excluding carboxylic acids is 1. The molecule has 1 unspecified atom stereocenters. The number of hydrogen-bond donors (Lipinski definition) is 0. The summed E-state index contributed by atoms with van der Waals surface area (Å²) in [7, 11) is 0. The van der Waals surface area contributed by atoms with E-state index < -0.39 is 0 Å². The molecule has 0 amide bonds. The fourth-order valence-electron chi connectivity index (χ4n) is 2.50. The highest BCUT2D eigenvalue weighted by atomic mass is 16.1. The first-order valence-electron chi connectivity index (χ1n) is 6.24. The molecule has 0 bridgehead atoms. The molecule has 4 nitrogen and oxygen atoms in total. The summed E-state index contributed by atoms with van der Waals surface area (Å²) < 4.78 is 0. The third-order valence-electron chi connectivity index (χ3n) is 3.39. The lowest BCUT2D eigenvalue weighted by atomic mass is 9.99. The maximum absolute atomic E-state index is 10.9. The lowest BCUT2D eigenvalue weighted by Crippen LogP contribution is -2.37. The Bertz CT molecular complexity index is 504. The van der Waals surface area contributed by atoms with Crippen LogP contribution in [0.2, 0.25) is 0 Å². The van der Waals surface area contributed by atoms with Gasteiger partial charge in [0, 0.05) is 24.7 Å². The molecule has 0 aliphatic carbocycles. The van der Waals surface area contributed by atoms with Crippen LogP contribution in [0.15, 0.2) is 6.07 Å². The zero-order valence-electron chi connectivity index (χ0n) is 10.8. The number of nitrogens with zero attached hydrogens (tertiary/aromatic N) is 3. The van der Waals surface area contributed by atoms with Crippen LogP contribution in [0.3, 0.4) is 0 Å². The molecule has 1 saturated heterocycles. The first-order chi connectivity index (χ1) is 8.65. The van der Waals surface area contributed by atoms with E-state index in [1.165, 1.54) is 0 Å². The van der Waals surface area contributed by atoms with Gasteiger partial charge in [-0.1, -0.05) is 0 Å². The minimum absolute atomic E-state index is 0.0629. The Kier molecular flexibility index (Phi) is 3.61. The molecule has 1 aromatic heterocycles. The van der Waals surface area contributed by atoms with Crippen molar-refractivity contribution in [3.05, 3.63) is 22.9 Å². The van der Waals surface area contributed by atoms with Gasteiger partial charge in [0.15, 0.2) is 0 Å². The van der Waals surface area contributed by atoms with E-state index in [0.717, 1.165) is 42.7 Å². The van der Waals surface area contributed by atoms with E-state index in [4.69, 9.17) is 0 Å². The predicted octanol–water partition coefficient (Wildman–Crippen LogP) is 1.99. The Morgan fingerprint density at radius 2 is 2.33 bits per heavy atom.